The summed E-state index contributed by atoms with van der Waals surface area (Å²) in [6.07, 6.45) is 2.23. The molecule has 0 amide bonds. The van der Waals surface area contributed by atoms with E-state index in [-0.39, 0.29) is 0 Å². The van der Waals surface area contributed by atoms with Crippen LogP contribution in [0.3, 0.4) is 0 Å². The van der Waals surface area contributed by atoms with Crippen molar-refractivity contribution in [3.05, 3.63) is 59.2 Å². The van der Waals surface area contributed by atoms with Gasteiger partial charge in [-0.2, -0.15) is 5.26 Å². The number of benzene rings is 2. The van der Waals surface area contributed by atoms with Gasteiger partial charge in [-0.25, -0.2) is 0 Å². The standard InChI is InChI=1S/C21H26N2O2/c1-17-6-5-7-18(14-17)10-12-23-16-19-8-9-20(24-2)21(15-19)25-13-4-3-11-22/h5-9,14-15,23H,3-4,10,12-13,16H2,1-2H3. The lowest BCUT2D eigenvalue weighted by atomic mass is 10.1. The topological polar surface area (TPSA) is 54.3 Å². The molecule has 2 aromatic carbocycles. The summed E-state index contributed by atoms with van der Waals surface area (Å²) in [5, 5.41) is 12.1. The highest BCUT2D eigenvalue weighted by Gasteiger charge is 2.06. The van der Waals surface area contributed by atoms with Crippen molar-refractivity contribution in [3.63, 3.8) is 0 Å². The summed E-state index contributed by atoms with van der Waals surface area (Å²) in [4.78, 5) is 0. The minimum absolute atomic E-state index is 0.503. The van der Waals surface area contributed by atoms with E-state index in [4.69, 9.17) is 14.7 Å². The van der Waals surface area contributed by atoms with Crippen molar-refractivity contribution in [3.8, 4) is 17.6 Å². The fourth-order valence-electron chi connectivity index (χ4n) is 2.61. The van der Waals surface area contributed by atoms with Crippen molar-refractivity contribution < 1.29 is 9.47 Å². The molecule has 0 unspecified atom stereocenters. The van der Waals surface area contributed by atoms with Crippen LogP contribution in [0.15, 0.2) is 42.5 Å². The quantitative estimate of drug-likeness (QED) is 0.665. The number of ether oxygens (including phenoxy) is 2. The molecule has 0 saturated heterocycles. The SMILES string of the molecule is COc1ccc(CNCCc2cccc(C)c2)cc1OCCCC#N. The minimum atomic E-state index is 0.503. The zero-order chi connectivity index (χ0) is 17.9. The summed E-state index contributed by atoms with van der Waals surface area (Å²) >= 11 is 0. The van der Waals surface area contributed by atoms with E-state index in [0.717, 1.165) is 43.0 Å². The molecule has 0 fully saturated rings. The van der Waals surface area contributed by atoms with Crippen LogP contribution in [-0.2, 0) is 13.0 Å². The smallest absolute Gasteiger partial charge is 0.161 e. The predicted molar refractivity (Wildman–Crippen MR) is 99.9 cm³/mol. The lowest BCUT2D eigenvalue weighted by Crippen LogP contribution is -2.16. The summed E-state index contributed by atoms with van der Waals surface area (Å²) < 4.78 is 11.1. The molecular formula is C21H26N2O2. The molecule has 4 heteroatoms. The first-order valence-corrected chi connectivity index (χ1v) is 8.66. The first kappa shape index (κ1) is 18.8. The number of hydrogen-bond acceptors (Lipinski definition) is 4. The molecule has 0 heterocycles. The Labute approximate surface area is 150 Å². The highest BCUT2D eigenvalue weighted by molar-refractivity contribution is 5.43. The molecule has 0 spiro atoms. The van der Waals surface area contributed by atoms with Crippen molar-refractivity contribution in [2.75, 3.05) is 20.3 Å². The Bertz CT molecular complexity index is 707. The van der Waals surface area contributed by atoms with E-state index in [2.05, 4.69) is 42.6 Å². The average molecular weight is 338 g/mol. The maximum absolute atomic E-state index is 8.59. The molecule has 4 nitrogen and oxygen atoms in total. The molecule has 25 heavy (non-hydrogen) atoms. The predicted octanol–water partition coefficient (Wildman–Crippen LogP) is 4.02. The molecule has 2 rings (SSSR count). The molecule has 0 radical (unpaired) electrons. The van der Waals surface area contributed by atoms with Crippen LogP contribution < -0.4 is 14.8 Å². The Kier molecular flexibility index (Phi) is 7.81. The summed E-state index contributed by atoms with van der Waals surface area (Å²) in [7, 11) is 1.64. The van der Waals surface area contributed by atoms with E-state index in [1.54, 1.807) is 7.11 Å². The Morgan fingerprint density at radius 2 is 1.96 bits per heavy atom. The van der Waals surface area contributed by atoms with Gasteiger partial charge in [-0.15, -0.1) is 0 Å². The monoisotopic (exact) mass is 338 g/mol. The van der Waals surface area contributed by atoms with Gasteiger partial charge < -0.3 is 14.8 Å². The molecule has 0 bridgehead atoms. The Balaban J connectivity index is 1.83. The largest absolute Gasteiger partial charge is 0.493 e. The van der Waals surface area contributed by atoms with Gasteiger partial charge >= 0.3 is 0 Å². The maximum atomic E-state index is 8.59. The highest BCUT2D eigenvalue weighted by Crippen LogP contribution is 2.28. The third-order valence-electron chi connectivity index (χ3n) is 3.92. The van der Waals surface area contributed by atoms with Crippen LogP contribution in [0.5, 0.6) is 11.5 Å². The number of aryl methyl sites for hydroxylation is 1. The molecule has 1 N–H and O–H groups in total. The summed E-state index contributed by atoms with van der Waals surface area (Å²) in [5.41, 5.74) is 3.80. The Morgan fingerprint density at radius 1 is 1.08 bits per heavy atom. The number of rotatable bonds is 10. The van der Waals surface area contributed by atoms with E-state index in [1.165, 1.54) is 11.1 Å². The van der Waals surface area contributed by atoms with Crippen molar-refractivity contribution in [2.24, 2.45) is 0 Å². The normalized spacial score (nSPS) is 10.3. The van der Waals surface area contributed by atoms with Crippen molar-refractivity contribution in [1.82, 2.24) is 5.32 Å². The van der Waals surface area contributed by atoms with Gasteiger partial charge in [0.1, 0.15) is 0 Å². The van der Waals surface area contributed by atoms with Gasteiger partial charge in [0.2, 0.25) is 0 Å². The van der Waals surface area contributed by atoms with E-state index < -0.39 is 0 Å². The second-order valence-electron chi connectivity index (χ2n) is 6.01. The zero-order valence-electron chi connectivity index (χ0n) is 15.0. The summed E-state index contributed by atoms with van der Waals surface area (Å²) in [6, 6.07) is 16.7. The van der Waals surface area contributed by atoms with Crippen LogP contribution in [0.2, 0.25) is 0 Å². The van der Waals surface area contributed by atoms with Crippen molar-refractivity contribution in [1.29, 1.82) is 5.26 Å². The van der Waals surface area contributed by atoms with E-state index in [9.17, 15) is 0 Å². The molecular weight excluding hydrogens is 312 g/mol. The number of methoxy groups -OCH3 is 1. The third kappa shape index (κ3) is 6.48. The van der Waals surface area contributed by atoms with Crippen LogP contribution >= 0.6 is 0 Å². The first-order chi connectivity index (χ1) is 12.2. The molecule has 0 saturated carbocycles. The lowest BCUT2D eigenvalue weighted by Gasteiger charge is -2.12. The van der Waals surface area contributed by atoms with Gasteiger partial charge in [0, 0.05) is 13.0 Å². The molecule has 0 aliphatic rings. The van der Waals surface area contributed by atoms with Crippen LogP contribution in [0, 0.1) is 18.3 Å². The van der Waals surface area contributed by atoms with Crippen LogP contribution in [-0.4, -0.2) is 20.3 Å². The van der Waals surface area contributed by atoms with Gasteiger partial charge in [0.15, 0.2) is 11.5 Å². The van der Waals surface area contributed by atoms with Gasteiger partial charge in [0.05, 0.1) is 19.8 Å². The molecule has 0 atom stereocenters. The number of nitriles is 1. The third-order valence-corrected chi connectivity index (χ3v) is 3.92. The average Bonchev–Trinajstić information content (AvgIpc) is 2.63. The molecule has 2 aromatic rings. The van der Waals surface area contributed by atoms with Crippen LogP contribution in [0.1, 0.15) is 29.5 Å². The Hall–Kier alpha value is -2.51. The van der Waals surface area contributed by atoms with Crippen LogP contribution in [0.25, 0.3) is 0 Å². The Morgan fingerprint density at radius 3 is 2.72 bits per heavy atom. The minimum Gasteiger partial charge on any atom is -0.493 e. The van der Waals surface area contributed by atoms with Crippen molar-refractivity contribution in [2.45, 2.75) is 32.7 Å². The van der Waals surface area contributed by atoms with Gasteiger partial charge in [-0.1, -0.05) is 35.9 Å². The summed E-state index contributed by atoms with van der Waals surface area (Å²) in [6.45, 7) is 4.35. The number of hydrogen-bond donors (Lipinski definition) is 1. The second kappa shape index (κ2) is 10.4. The summed E-state index contributed by atoms with van der Waals surface area (Å²) in [5.74, 6) is 1.46. The second-order valence-corrected chi connectivity index (χ2v) is 6.01. The van der Waals surface area contributed by atoms with Gasteiger partial charge in [-0.05, 0) is 49.6 Å². The van der Waals surface area contributed by atoms with Gasteiger partial charge in [-0.3, -0.25) is 0 Å². The van der Waals surface area contributed by atoms with E-state index in [1.807, 2.05) is 18.2 Å². The zero-order valence-corrected chi connectivity index (χ0v) is 15.0. The van der Waals surface area contributed by atoms with Crippen LogP contribution in [0.4, 0.5) is 0 Å². The number of nitrogens with one attached hydrogen (secondary N) is 1. The first-order valence-electron chi connectivity index (χ1n) is 8.66. The fourth-order valence-corrected chi connectivity index (χ4v) is 2.61. The van der Waals surface area contributed by atoms with Gasteiger partial charge in [0.25, 0.3) is 0 Å². The fraction of sp³-hybridized carbons (Fsp3) is 0.381. The van der Waals surface area contributed by atoms with E-state index >= 15 is 0 Å². The van der Waals surface area contributed by atoms with Crippen molar-refractivity contribution >= 4 is 0 Å². The molecule has 0 aromatic heterocycles. The lowest BCUT2D eigenvalue weighted by molar-refractivity contribution is 0.290. The highest BCUT2D eigenvalue weighted by atomic mass is 16.5. The maximum Gasteiger partial charge on any atom is 0.161 e. The molecule has 132 valence electrons. The molecule has 0 aliphatic heterocycles. The number of nitrogens with zero attached hydrogens (tertiary/aromatic N) is 1. The van der Waals surface area contributed by atoms with E-state index in [0.29, 0.717) is 13.0 Å². The molecule has 0 aliphatic carbocycles. The number of unbranched alkanes of at least 4 members (excludes halogenated alkanes) is 1.